The van der Waals surface area contributed by atoms with Gasteiger partial charge in [-0.3, -0.25) is 0 Å². The fourth-order valence-corrected chi connectivity index (χ4v) is 2.50. The topological polar surface area (TPSA) is 24.5 Å². The Morgan fingerprint density at radius 3 is 2.83 bits per heavy atom. The van der Waals surface area contributed by atoms with Crippen LogP contribution in [0.5, 0.6) is 5.75 Å². The lowest BCUT2D eigenvalue weighted by Crippen LogP contribution is -2.42. The molecule has 1 heterocycles. The van der Waals surface area contributed by atoms with E-state index in [0.29, 0.717) is 12.0 Å². The maximum atomic E-state index is 5.48. The van der Waals surface area contributed by atoms with Gasteiger partial charge in [0.1, 0.15) is 5.75 Å². The Morgan fingerprint density at radius 1 is 1.28 bits per heavy atom. The normalized spacial score (nSPS) is 25.4. The molecule has 3 nitrogen and oxygen atoms in total. The average Bonchev–Trinajstić information content (AvgIpc) is 2.39. The number of methoxy groups -OCH3 is 1. The lowest BCUT2D eigenvalue weighted by molar-refractivity contribution is 0.396. The van der Waals surface area contributed by atoms with E-state index in [1.165, 1.54) is 12.1 Å². The number of benzene rings is 1. The molecule has 2 unspecified atom stereocenters. The van der Waals surface area contributed by atoms with Crippen molar-refractivity contribution >= 4 is 5.69 Å². The SMILES string of the molecule is COc1ccccc1N1CCC(C)NCC(C)C1. The van der Waals surface area contributed by atoms with Crippen molar-refractivity contribution in [3.63, 3.8) is 0 Å². The van der Waals surface area contributed by atoms with Gasteiger partial charge in [0, 0.05) is 19.1 Å². The highest BCUT2D eigenvalue weighted by Gasteiger charge is 2.18. The van der Waals surface area contributed by atoms with E-state index in [0.717, 1.165) is 25.4 Å². The van der Waals surface area contributed by atoms with Crippen molar-refractivity contribution in [2.24, 2.45) is 5.92 Å². The number of para-hydroxylation sites is 2. The zero-order valence-corrected chi connectivity index (χ0v) is 11.6. The van der Waals surface area contributed by atoms with Gasteiger partial charge in [0.2, 0.25) is 0 Å². The number of hydrogen-bond acceptors (Lipinski definition) is 3. The molecule has 0 aromatic heterocycles. The van der Waals surface area contributed by atoms with E-state index in [2.05, 4.69) is 36.2 Å². The summed E-state index contributed by atoms with van der Waals surface area (Å²) in [5.74, 6) is 1.63. The Hall–Kier alpha value is -1.22. The van der Waals surface area contributed by atoms with Gasteiger partial charge in [0.25, 0.3) is 0 Å². The highest BCUT2D eigenvalue weighted by Crippen LogP contribution is 2.29. The monoisotopic (exact) mass is 248 g/mol. The Kier molecular flexibility index (Phi) is 4.48. The maximum Gasteiger partial charge on any atom is 0.142 e. The second-order valence-electron chi connectivity index (χ2n) is 5.32. The van der Waals surface area contributed by atoms with Gasteiger partial charge in [-0.25, -0.2) is 0 Å². The van der Waals surface area contributed by atoms with Crippen molar-refractivity contribution < 1.29 is 4.74 Å². The van der Waals surface area contributed by atoms with Crippen LogP contribution in [-0.2, 0) is 0 Å². The molecule has 100 valence electrons. The zero-order valence-electron chi connectivity index (χ0n) is 11.6. The highest BCUT2D eigenvalue weighted by molar-refractivity contribution is 5.58. The molecule has 0 aliphatic carbocycles. The van der Waals surface area contributed by atoms with E-state index in [1.807, 2.05) is 12.1 Å². The molecule has 3 heteroatoms. The Bertz CT molecular complexity index is 381. The molecule has 2 rings (SSSR count). The summed E-state index contributed by atoms with van der Waals surface area (Å²) in [6, 6.07) is 8.90. The molecule has 0 bridgehead atoms. The van der Waals surface area contributed by atoms with Crippen molar-refractivity contribution in [2.75, 3.05) is 31.6 Å². The molecule has 1 N–H and O–H groups in total. The van der Waals surface area contributed by atoms with Crippen LogP contribution in [0.2, 0.25) is 0 Å². The predicted octanol–water partition coefficient (Wildman–Crippen LogP) is 2.52. The molecule has 0 spiro atoms. The van der Waals surface area contributed by atoms with Gasteiger partial charge in [-0.1, -0.05) is 19.1 Å². The molecule has 18 heavy (non-hydrogen) atoms. The van der Waals surface area contributed by atoms with Crippen LogP contribution in [-0.4, -0.2) is 32.8 Å². The van der Waals surface area contributed by atoms with Gasteiger partial charge in [0.15, 0.2) is 0 Å². The van der Waals surface area contributed by atoms with Gasteiger partial charge in [-0.2, -0.15) is 0 Å². The molecule has 1 aliphatic heterocycles. The summed E-state index contributed by atoms with van der Waals surface area (Å²) in [7, 11) is 1.75. The number of rotatable bonds is 2. The van der Waals surface area contributed by atoms with Crippen LogP contribution in [0.25, 0.3) is 0 Å². The number of ether oxygens (including phenoxy) is 1. The fraction of sp³-hybridized carbons (Fsp3) is 0.600. The predicted molar refractivity (Wildman–Crippen MR) is 76.5 cm³/mol. The van der Waals surface area contributed by atoms with Crippen LogP contribution >= 0.6 is 0 Å². The molecular weight excluding hydrogens is 224 g/mol. The quantitative estimate of drug-likeness (QED) is 0.870. The summed E-state index contributed by atoms with van der Waals surface area (Å²) in [5, 5.41) is 3.58. The van der Waals surface area contributed by atoms with Gasteiger partial charge < -0.3 is 15.0 Å². The number of nitrogens with one attached hydrogen (secondary N) is 1. The molecular formula is C15H24N2O. The molecule has 1 aliphatic rings. The van der Waals surface area contributed by atoms with Gasteiger partial charge in [0.05, 0.1) is 12.8 Å². The number of nitrogens with zero attached hydrogens (tertiary/aromatic N) is 1. The van der Waals surface area contributed by atoms with Crippen LogP contribution in [0.3, 0.4) is 0 Å². The molecule has 1 aromatic rings. The third-order valence-corrected chi connectivity index (χ3v) is 3.60. The lowest BCUT2D eigenvalue weighted by Gasteiger charge is -2.33. The van der Waals surface area contributed by atoms with Crippen LogP contribution in [0.1, 0.15) is 20.3 Å². The molecule has 2 atom stereocenters. The third kappa shape index (κ3) is 3.16. The van der Waals surface area contributed by atoms with E-state index in [-0.39, 0.29) is 0 Å². The second-order valence-corrected chi connectivity index (χ2v) is 5.32. The molecule has 1 fully saturated rings. The Labute approximate surface area is 110 Å². The minimum Gasteiger partial charge on any atom is -0.495 e. The smallest absolute Gasteiger partial charge is 0.142 e. The minimum absolute atomic E-state index is 0.588. The molecule has 0 radical (unpaired) electrons. The first kappa shape index (κ1) is 13.2. The molecule has 1 saturated heterocycles. The van der Waals surface area contributed by atoms with E-state index in [9.17, 15) is 0 Å². The third-order valence-electron chi connectivity index (χ3n) is 3.60. The zero-order chi connectivity index (χ0) is 13.0. The van der Waals surface area contributed by atoms with Crippen LogP contribution in [0.15, 0.2) is 24.3 Å². The van der Waals surface area contributed by atoms with E-state index < -0.39 is 0 Å². The maximum absolute atomic E-state index is 5.48. The first-order valence-corrected chi connectivity index (χ1v) is 6.82. The summed E-state index contributed by atoms with van der Waals surface area (Å²) >= 11 is 0. The lowest BCUT2D eigenvalue weighted by atomic mass is 10.1. The van der Waals surface area contributed by atoms with Crippen LogP contribution in [0.4, 0.5) is 5.69 Å². The first-order chi connectivity index (χ1) is 8.70. The van der Waals surface area contributed by atoms with Gasteiger partial charge in [-0.15, -0.1) is 0 Å². The summed E-state index contributed by atoms with van der Waals surface area (Å²) in [4.78, 5) is 2.46. The fourth-order valence-electron chi connectivity index (χ4n) is 2.50. The summed E-state index contributed by atoms with van der Waals surface area (Å²) in [5.41, 5.74) is 1.22. The summed E-state index contributed by atoms with van der Waals surface area (Å²) in [6.45, 7) is 7.82. The van der Waals surface area contributed by atoms with Crippen molar-refractivity contribution in [1.29, 1.82) is 0 Å². The first-order valence-electron chi connectivity index (χ1n) is 6.82. The van der Waals surface area contributed by atoms with Crippen molar-refractivity contribution in [3.05, 3.63) is 24.3 Å². The van der Waals surface area contributed by atoms with Gasteiger partial charge >= 0.3 is 0 Å². The van der Waals surface area contributed by atoms with Crippen LogP contribution in [0, 0.1) is 5.92 Å². The Balaban J connectivity index is 2.18. The average molecular weight is 248 g/mol. The van der Waals surface area contributed by atoms with E-state index in [4.69, 9.17) is 4.74 Å². The Morgan fingerprint density at radius 2 is 2.06 bits per heavy atom. The van der Waals surface area contributed by atoms with E-state index >= 15 is 0 Å². The molecule has 1 aromatic carbocycles. The molecule has 0 saturated carbocycles. The largest absolute Gasteiger partial charge is 0.495 e. The standard InChI is InChI=1S/C15H24N2O/c1-12-10-16-13(2)8-9-17(11-12)14-6-4-5-7-15(14)18-3/h4-7,12-13,16H,8-11H2,1-3H3. The van der Waals surface area contributed by atoms with Crippen molar-refractivity contribution in [1.82, 2.24) is 5.32 Å². The van der Waals surface area contributed by atoms with Crippen LogP contribution < -0.4 is 15.0 Å². The van der Waals surface area contributed by atoms with Crippen molar-refractivity contribution in [2.45, 2.75) is 26.3 Å². The number of hydrogen-bond donors (Lipinski definition) is 1. The van der Waals surface area contributed by atoms with E-state index in [1.54, 1.807) is 7.11 Å². The summed E-state index contributed by atoms with van der Waals surface area (Å²) < 4.78 is 5.48. The second kappa shape index (κ2) is 6.10. The number of anilines is 1. The summed E-state index contributed by atoms with van der Waals surface area (Å²) in [6.07, 6.45) is 1.17. The van der Waals surface area contributed by atoms with Gasteiger partial charge in [-0.05, 0) is 37.9 Å². The molecule has 0 amide bonds. The van der Waals surface area contributed by atoms with Crippen molar-refractivity contribution in [3.8, 4) is 5.75 Å². The highest BCUT2D eigenvalue weighted by atomic mass is 16.5. The minimum atomic E-state index is 0.588.